The highest BCUT2D eigenvalue weighted by atomic mass is 19.1. The van der Waals surface area contributed by atoms with Crippen molar-refractivity contribution in [3.63, 3.8) is 0 Å². The molecule has 0 aliphatic rings. The number of ether oxygens (including phenoxy) is 1. The maximum Gasteiger partial charge on any atom is 0.231 e. The topological polar surface area (TPSA) is 86.3 Å². The van der Waals surface area contributed by atoms with E-state index in [1.165, 1.54) is 16.6 Å². The monoisotopic (exact) mass is 444 g/mol. The summed E-state index contributed by atoms with van der Waals surface area (Å²) in [5, 5.41) is 16.5. The van der Waals surface area contributed by atoms with Gasteiger partial charge in [0.1, 0.15) is 12.4 Å². The number of halogens is 1. The molecule has 0 saturated carbocycles. The summed E-state index contributed by atoms with van der Waals surface area (Å²) < 4.78 is 22.8. The van der Waals surface area contributed by atoms with Gasteiger partial charge in [0.15, 0.2) is 11.5 Å². The van der Waals surface area contributed by atoms with Gasteiger partial charge >= 0.3 is 0 Å². The van der Waals surface area contributed by atoms with Crippen molar-refractivity contribution in [3.05, 3.63) is 78.2 Å². The van der Waals surface area contributed by atoms with Crippen LogP contribution in [0.15, 0.2) is 66.9 Å². The third-order valence-electron chi connectivity index (χ3n) is 5.33. The fourth-order valence-electron chi connectivity index (χ4n) is 3.80. The zero-order chi connectivity index (χ0) is 22.8. The van der Waals surface area contributed by atoms with E-state index < -0.39 is 0 Å². The van der Waals surface area contributed by atoms with Crippen LogP contribution in [-0.2, 0) is 18.3 Å². The third kappa shape index (κ3) is 4.25. The summed E-state index contributed by atoms with van der Waals surface area (Å²) >= 11 is 0. The Morgan fingerprint density at radius 2 is 1.97 bits per heavy atom. The van der Waals surface area contributed by atoms with Crippen LogP contribution in [0.4, 0.5) is 4.39 Å². The van der Waals surface area contributed by atoms with Gasteiger partial charge in [0.05, 0.1) is 13.0 Å². The number of nitrogens with one attached hydrogen (secondary N) is 1. The van der Waals surface area contributed by atoms with Gasteiger partial charge in [0.2, 0.25) is 11.8 Å². The molecule has 0 saturated heterocycles. The summed E-state index contributed by atoms with van der Waals surface area (Å²) in [6.45, 7) is 0.583. The smallest absolute Gasteiger partial charge is 0.231 e. The average Bonchev–Trinajstić information content (AvgIpc) is 3.38. The molecule has 0 fully saturated rings. The van der Waals surface area contributed by atoms with Crippen molar-refractivity contribution in [1.82, 2.24) is 29.7 Å². The zero-order valence-electron chi connectivity index (χ0n) is 17.9. The number of hydrogen-bond acceptors (Lipinski definition) is 5. The second-order valence-electron chi connectivity index (χ2n) is 7.63. The third-order valence-corrected chi connectivity index (χ3v) is 5.33. The van der Waals surface area contributed by atoms with E-state index in [1.807, 2.05) is 42.1 Å². The fraction of sp³-hybridized carbons (Fsp3) is 0.167. The van der Waals surface area contributed by atoms with Crippen LogP contribution in [0.5, 0.6) is 5.88 Å². The highest BCUT2D eigenvalue weighted by Crippen LogP contribution is 2.21. The number of carbonyl (C=O) groups excluding carboxylic acids is 1. The van der Waals surface area contributed by atoms with E-state index in [0.29, 0.717) is 35.9 Å². The number of benzene rings is 2. The van der Waals surface area contributed by atoms with E-state index in [9.17, 15) is 9.18 Å². The number of nitrogens with zero attached hydrogens (tertiary/aromatic N) is 5. The quantitative estimate of drug-likeness (QED) is 0.390. The van der Waals surface area contributed by atoms with Crippen LogP contribution >= 0.6 is 0 Å². The van der Waals surface area contributed by atoms with Crippen LogP contribution in [0.25, 0.3) is 27.9 Å². The van der Waals surface area contributed by atoms with Crippen LogP contribution < -0.4 is 10.1 Å². The first-order chi connectivity index (χ1) is 16.1. The molecule has 8 nitrogen and oxygen atoms in total. The maximum absolute atomic E-state index is 13.6. The number of para-hydroxylation sites is 1. The van der Waals surface area contributed by atoms with Crippen molar-refractivity contribution in [2.75, 3.05) is 13.2 Å². The van der Waals surface area contributed by atoms with Crippen molar-refractivity contribution in [1.29, 1.82) is 0 Å². The van der Waals surface area contributed by atoms with Gasteiger partial charge in [-0.15, -0.1) is 15.3 Å². The largest absolute Gasteiger partial charge is 0.475 e. The van der Waals surface area contributed by atoms with Crippen LogP contribution in [0.1, 0.15) is 5.56 Å². The molecule has 0 unspecified atom stereocenters. The van der Waals surface area contributed by atoms with E-state index in [4.69, 9.17) is 4.74 Å². The Hall–Kier alpha value is -4.27. The Labute approximate surface area is 188 Å². The molecule has 3 aromatic heterocycles. The number of amides is 1. The Kier molecular flexibility index (Phi) is 5.43. The Morgan fingerprint density at radius 1 is 1.09 bits per heavy atom. The SMILES string of the molecule is Cn1cc(CC(=O)NCCOc2ccc3nnc(-c4cccc(F)c4)n3n2)c2ccccc21. The zero-order valence-corrected chi connectivity index (χ0v) is 17.9. The van der Waals surface area contributed by atoms with Gasteiger partial charge in [-0.3, -0.25) is 4.79 Å². The van der Waals surface area contributed by atoms with Crippen molar-refractivity contribution in [3.8, 4) is 17.3 Å². The van der Waals surface area contributed by atoms with Gasteiger partial charge in [0.25, 0.3) is 0 Å². The lowest BCUT2D eigenvalue weighted by molar-refractivity contribution is -0.120. The highest BCUT2D eigenvalue weighted by Gasteiger charge is 2.12. The van der Waals surface area contributed by atoms with Gasteiger partial charge in [-0.25, -0.2) is 4.39 Å². The molecule has 5 aromatic rings. The molecular weight excluding hydrogens is 423 g/mol. The van der Waals surface area contributed by atoms with Crippen molar-refractivity contribution in [2.24, 2.45) is 7.05 Å². The van der Waals surface area contributed by atoms with E-state index in [2.05, 4.69) is 20.6 Å². The van der Waals surface area contributed by atoms with E-state index in [0.717, 1.165) is 16.5 Å². The molecule has 33 heavy (non-hydrogen) atoms. The van der Waals surface area contributed by atoms with Crippen LogP contribution in [0.2, 0.25) is 0 Å². The minimum Gasteiger partial charge on any atom is -0.475 e. The number of fused-ring (bicyclic) bond motifs is 2. The summed E-state index contributed by atoms with van der Waals surface area (Å²) in [6.07, 6.45) is 2.28. The number of aromatic nitrogens is 5. The molecule has 0 aliphatic carbocycles. The summed E-state index contributed by atoms with van der Waals surface area (Å²) in [7, 11) is 1.97. The Bertz CT molecular complexity index is 1460. The minimum absolute atomic E-state index is 0.0782. The summed E-state index contributed by atoms with van der Waals surface area (Å²) in [5.74, 6) is 0.322. The lowest BCUT2D eigenvalue weighted by Gasteiger charge is -2.08. The molecule has 2 aromatic carbocycles. The number of carbonyl (C=O) groups is 1. The summed E-state index contributed by atoms with van der Waals surface area (Å²) in [5.41, 5.74) is 3.16. The molecule has 5 rings (SSSR count). The number of aryl methyl sites for hydroxylation is 1. The number of rotatable bonds is 7. The van der Waals surface area contributed by atoms with E-state index in [1.54, 1.807) is 24.3 Å². The van der Waals surface area contributed by atoms with Crippen LogP contribution in [-0.4, -0.2) is 43.4 Å². The van der Waals surface area contributed by atoms with Gasteiger partial charge in [-0.2, -0.15) is 4.52 Å². The van der Waals surface area contributed by atoms with E-state index in [-0.39, 0.29) is 18.3 Å². The minimum atomic E-state index is -0.365. The van der Waals surface area contributed by atoms with Crippen molar-refractivity contribution < 1.29 is 13.9 Å². The maximum atomic E-state index is 13.6. The molecule has 0 radical (unpaired) electrons. The predicted molar refractivity (Wildman–Crippen MR) is 121 cm³/mol. The molecule has 0 bridgehead atoms. The summed E-state index contributed by atoms with van der Waals surface area (Å²) in [4.78, 5) is 12.4. The standard InChI is InChI=1S/C24H21FN6O2/c1-30-15-17(19-7-2-3-8-20(19)30)14-22(32)26-11-12-33-23-10-9-21-27-28-24(31(21)29-23)16-5-4-6-18(25)13-16/h2-10,13,15H,11-12,14H2,1H3,(H,26,32). The molecule has 0 spiro atoms. The summed E-state index contributed by atoms with van der Waals surface area (Å²) in [6, 6.07) is 17.5. The normalized spacial score (nSPS) is 11.2. The lowest BCUT2D eigenvalue weighted by Crippen LogP contribution is -2.29. The lowest BCUT2D eigenvalue weighted by atomic mass is 10.1. The average molecular weight is 444 g/mol. The Balaban J connectivity index is 1.20. The second-order valence-corrected chi connectivity index (χ2v) is 7.63. The predicted octanol–water partition coefficient (Wildman–Crippen LogP) is 3.16. The molecule has 1 amide bonds. The van der Waals surface area contributed by atoms with Gasteiger partial charge in [-0.05, 0) is 29.8 Å². The van der Waals surface area contributed by atoms with Crippen LogP contribution in [0.3, 0.4) is 0 Å². The Morgan fingerprint density at radius 3 is 2.85 bits per heavy atom. The molecule has 0 aliphatic heterocycles. The first kappa shape index (κ1) is 20.6. The molecular formula is C24H21FN6O2. The molecule has 3 heterocycles. The second kappa shape index (κ2) is 8.70. The highest BCUT2D eigenvalue weighted by molar-refractivity contribution is 5.89. The van der Waals surface area contributed by atoms with Crippen LogP contribution in [0, 0.1) is 5.82 Å². The molecule has 166 valence electrons. The number of hydrogen-bond donors (Lipinski definition) is 1. The first-order valence-electron chi connectivity index (χ1n) is 10.5. The first-order valence-corrected chi connectivity index (χ1v) is 10.5. The van der Waals surface area contributed by atoms with Gasteiger partial charge < -0.3 is 14.6 Å². The fourth-order valence-corrected chi connectivity index (χ4v) is 3.80. The van der Waals surface area contributed by atoms with Crippen molar-refractivity contribution >= 4 is 22.5 Å². The van der Waals surface area contributed by atoms with Gasteiger partial charge in [0, 0.05) is 35.8 Å². The van der Waals surface area contributed by atoms with Crippen molar-refractivity contribution in [2.45, 2.75) is 6.42 Å². The molecule has 1 N–H and O–H groups in total. The van der Waals surface area contributed by atoms with Gasteiger partial charge in [-0.1, -0.05) is 30.3 Å². The molecule has 0 atom stereocenters. The molecule has 9 heteroatoms. The van der Waals surface area contributed by atoms with E-state index >= 15 is 0 Å².